The normalized spacial score (nSPS) is 21.4. The molecule has 8 nitrogen and oxygen atoms in total. The zero-order chi connectivity index (χ0) is 17.3. The third-order valence-corrected chi connectivity index (χ3v) is 3.29. The molecule has 2 fully saturated rings. The van der Waals surface area contributed by atoms with Crippen LogP contribution in [0.25, 0.3) is 0 Å². The van der Waals surface area contributed by atoms with Gasteiger partial charge in [-0.25, -0.2) is 19.6 Å². The van der Waals surface area contributed by atoms with Gasteiger partial charge in [-0.15, -0.1) is 0 Å². The molecule has 0 aromatic heterocycles. The van der Waals surface area contributed by atoms with Crippen LogP contribution in [0, 0.1) is 0 Å². The van der Waals surface area contributed by atoms with Gasteiger partial charge in [0.25, 0.3) is 11.7 Å². The SMILES string of the molecule is CC1(C)OC(=O)C(=CN=C2CC(=O)N(c3ccccc3)N2)C(=O)O1. The first-order valence-electron chi connectivity index (χ1n) is 7.24. The van der Waals surface area contributed by atoms with Gasteiger partial charge in [0.2, 0.25) is 0 Å². The number of rotatable bonds is 2. The molecule has 0 saturated carbocycles. The lowest BCUT2D eigenvalue weighted by Crippen LogP contribution is -2.41. The minimum atomic E-state index is -1.30. The van der Waals surface area contributed by atoms with E-state index < -0.39 is 17.7 Å². The molecule has 0 bridgehead atoms. The molecular formula is C16H15N3O5. The second-order valence-corrected chi connectivity index (χ2v) is 5.65. The molecule has 0 aliphatic carbocycles. The first kappa shape index (κ1) is 15.7. The van der Waals surface area contributed by atoms with Crippen LogP contribution >= 0.6 is 0 Å². The van der Waals surface area contributed by atoms with Crippen LogP contribution in [-0.2, 0) is 23.9 Å². The van der Waals surface area contributed by atoms with Crippen LogP contribution in [0.2, 0.25) is 0 Å². The molecule has 0 radical (unpaired) electrons. The summed E-state index contributed by atoms with van der Waals surface area (Å²) in [6, 6.07) is 8.98. The first-order chi connectivity index (χ1) is 11.4. The van der Waals surface area contributed by atoms with E-state index in [1.54, 1.807) is 24.3 Å². The molecule has 1 aromatic carbocycles. The lowest BCUT2D eigenvalue weighted by Gasteiger charge is -2.29. The van der Waals surface area contributed by atoms with Crippen LogP contribution in [0.3, 0.4) is 0 Å². The van der Waals surface area contributed by atoms with Gasteiger partial charge in [0, 0.05) is 13.8 Å². The van der Waals surface area contributed by atoms with Crippen LogP contribution in [0.1, 0.15) is 20.3 Å². The predicted octanol–water partition coefficient (Wildman–Crippen LogP) is 1.05. The first-order valence-corrected chi connectivity index (χ1v) is 7.24. The number of para-hydroxylation sites is 1. The van der Waals surface area contributed by atoms with E-state index in [1.807, 2.05) is 6.07 Å². The number of carbonyl (C=O) groups excluding carboxylic acids is 3. The molecule has 1 N–H and O–H groups in total. The van der Waals surface area contributed by atoms with Crippen LogP contribution in [-0.4, -0.2) is 29.5 Å². The van der Waals surface area contributed by atoms with Gasteiger partial charge in [0.15, 0.2) is 5.57 Å². The minimum absolute atomic E-state index is 0.0221. The largest absolute Gasteiger partial charge is 0.419 e. The van der Waals surface area contributed by atoms with E-state index in [-0.39, 0.29) is 17.9 Å². The third-order valence-electron chi connectivity index (χ3n) is 3.29. The lowest BCUT2D eigenvalue weighted by atomic mass is 10.2. The number of esters is 2. The Kier molecular flexibility index (Phi) is 3.80. The van der Waals surface area contributed by atoms with E-state index in [1.165, 1.54) is 18.9 Å². The van der Waals surface area contributed by atoms with E-state index in [0.29, 0.717) is 11.5 Å². The number of aliphatic imine (C=N–C) groups is 1. The number of benzene rings is 1. The summed E-state index contributed by atoms with van der Waals surface area (Å²) >= 11 is 0. The number of nitrogens with one attached hydrogen (secondary N) is 1. The minimum Gasteiger partial charge on any atom is -0.419 e. The van der Waals surface area contributed by atoms with Crippen LogP contribution in [0.15, 0.2) is 47.1 Å². The van der Waals surface area contributed by atoms with E-state index in [4.69, 9.17) is 9.47 Å². The van der Waals surface area contributed by atoms with Crippen molar-refractivity contribution in [3.05, 3.63) is 42.1 Å². The smallest absolute Gasteiger partial charge is 0.350 e. The molecule has 0 unspecified atom stereocenters. The quantitative estimate of drug-likeness (QED) is 0.495. The third kappa shape index (κ3) is 3.12. The number of ether oxygens (including phenoxy) is 2. The molecule has 24 heavy (non-hydrogen) atoms. The summed E-state index contributed by atoms with van der Waals surface area (Å²) in [5.41, 5.74) is 3.17. The number of cyclic esters (lactones) is 2. The van der Waals surface area contributed by atoms with E-state index >= 15 is 0 Å². The Morgan fingerprint density at radius 3 is 2.38 bits per heavy atom. The van der Waals surface area contributed by atoms with Crippen molar-refractivity contribution in [1.29, 1.82) is 0 Å². The maximum Gasteiger partial charge on any atom is 0.350 e. The molecule has 1 aromatic rings. The molecule has 1 amide bonds. The fourth-order valence-corrected chi connectivity index (χ4v) is 2.22. The molecule has 2 aliphatic heterocycles. The monoisotopic (exact) mass is 329 g/mol. The van der Waals surface area contributed by atoms with Crippen molar-refractivity contribution in [3.8, 4) is 0 Å². The van der Waals surface area contributed by atoms with Gasteiger partial charge in [-0.1, -0.05) is 18.2 Å². The van der Waals surface area contributed by atoms with Gasteiger partial charge in [0.1, 0.15) is 5.84 Å². The second kappa shape index (κ2) is 5.80. The lowest BCUT2D eigenvalue weighted by molar-refractivity contribution is -0.222. The van der Waals surface area contributed by atoms with Crippen LogP contribution in [0.4, 0.5) is 5.69 Å². The number of nitrogens with zero attached hydrogens (tertiary/aromatic N) is 2. The summed E-state index contributed by atoms with van der Waals surface area (Å²) in [6.07, 6.45) is 1.07. The number of carbonyl (C=O) groups is 3. The Balaban J connectivity index is 1.77. The Morgan fingerprint density at radius 1 is 1.12 bits per heavy atom. The topological polar surface area (TPSA) is 97.3 Å². The highest BCUT2D eigenvalue weighted by atomic mass is 16.7. The molecule has 124 valence electrons. The summed E-state index contributed by atoms with van der Waals surface area (Å²) in [7, 11) is 0. The number of hydrogen-bond donors (Lipinski definition) is 1. The van der Waals surface area contributed by atoms with Crippen molar-refractivity contribution in [3.63, 3.8) is 0 Å². The number of hydrazine groups is 1. The second-order valence-electron chi connectivity index (χ2n) is 5.65. The Morgan fingerprint density at radius 2 is 1.75 bits per heavy atom. The predicted molar refractivity (Wildman–Crippen MR) is 83.5 cm³/mol. The van der Waals surface area contributed by atoms with Gasteiger partial charge in [-0.2, -0.15) is 0 Å². The zero-order valence-corrected chi connectivity index (χ0v) is 13.1. The number of amides is 1. The van der Waals surface area contributed by atoms with Gasteiger partial charge in [-0.3, -0.25) is 10.2 Å². The van der Waals surface area contributed by atoms with Gasteiger partial charge in [-0.05, 0) is 12.1 Å². The number of hydrogen-bond acceptors (Lipinski definition) is 6. The summed E-state index contributed by atoms with van der Waals surface area (Å²) in [5.74, 6) is -2.82. The molecule has 8 heteroatoms. The van der Waals surface area contributed by atoms with Crippen molar-refractivity contribution in [1.82, 2.24) is 5.43 Å². The van der Waals surface area contributed by atoms with E-state index in [2.05, 4.69) is 10.4 Å². The average molecular weight is 329 g/mol. The molecule has 2 saturated heterocycles. The van der Waals surface area contributed by atoms with Crippen molar-refractivity contribution >= 4 is 29.4 Å². The maximum absolute atomic E-state index is 12.0. The Bertz CT molecular complexity index is 745. The van der Waals surface area contributed by atoms with Crippen molar-refractivity contribution in [2.75, 3.05) is 5.01 Å². The molecule has 2 heterocycles. The van der Waals surface area contributed by atoms with Gasteiger partial charge >= 0.3 is 11.9 Å². The van der Waals surface area contributed by atoms with Crippen molar-refractivity contribution in [2.45, 2.75) is 26.1 Å². The summed E-state index contributed by atoms with van der Waals surface area (Å²) < 4.78 is 9.93. The van der Waals surface area contributed by atoms with Gasteiger partial charge in [0.05, 0.1) is 18.3 Å². The Labute approximate surface area is 137 Å². The zero-order valence-electron chi connectivity index (χ0n) is 13.1. The molecular weight excluding hydrogens is 314 g/mol. The number of anilines is 1. The van der Waals surface area contributed by atoms with E-state index in [9.17, 15) is 14.4 Å². The van der Waals surface area contributed by atoms with Crippen molar-refractivity contribution < 1.29 is 23.9 Å². The fraction of sp³-hybridized carbons (Fsp3) is 0.250. The summed E-state index contributed by atoms with van der Waals surface area (Å²) in [4.78, 5) is 39.7. The standard InChI is InChI=1S/C16H15N3O5/c1-16(2)23-14(21)11(15(22)24-16)9-17-12-8-13(20)19(18-12)10-6-4-3-5-7-10/h3-7,9H,8H2,1-2H3,(H,17,18). The van der Waals surface area contributed by atoms with Gasteiger partial charge < -0.3 is 9.47 Å². The summed E-state index contributed by atoms with van der Waals surface area (Å²) in [5, 5.41) is 1.35. The maximum atomic E-state index is 12.0. The van der Waals surface area contributed by atoms with Crippen LogP contribution < -0.4 is 10.4 Å². The number of amidine groups is 1. The van der Waals surface area contributed by atoms with Crippen molar-refractivity contribution in [2.24, 2.45) is 4.99 Å². The summed E-state index contributed by atoms with van der Waals surface area (Å²) in [6.45, 7) is 2.92. The fourth-order valence-electron chi connectivity index (χ4n) is 2.22. The van der Waals surface area contributed by atoms with Crippen LogP contribution in [0.5, 0.6) is 0 Å². The molecule has 0 atom stereocenters. The molecule has 0 spiro atoms. The highest BCUT2D eigenvalue weighted by molar-refractivity contribution is 6.16. The molecule has 2 aliphatic rings. The Hall–Kier alpha value is -3.16. The average Bonchev–Trinajstić information content (AvgIpc) is 2.87. The van der Waals surface area contributed by atoms with E-state index in [0.717, 1.165) is 6.20 Å². The highest BCUT2D eigenvalue weighted by Gasteiger charge is 2.39. The highest BCUT2D eigenvalue weighted by Crippen LogP contribution is 2.23. The molecule has 3 rings (SSSR count).